The molecule has 0 radical (unpaired) electrons. The van der Waals surface area contributed by atoms with Crippen LogP contribution in [0, 0.1) is 5.82 Å². The third-order valence-corrected chi connectivity index (χ3v) is 6.64. The molecule has 0 saturated heterocycles. The van der Waals surface area contributed by atoms with Gasteiger partial charge in [0.2, 0.25) is 5.95 Å². The summed E-state index contributed by atoms with van der Waals surface area (Å²) in [6.45, 7) is 0.388. The molecule has 0 bridgehead atoms. The van der Waals surface area contributed by atoms with Gasteiger partial charge >= 0.3 is 0 Å². The van der Waals surface area contributed by atoms with E-state index in [1.165, 1.54) is 30.2 Å². The number of nitrogens with zero attached hydrogens (tertiary/aromatic N) is 3. The van der Waals surface area contributed by atoms with Crippen molar-refractivity contribution < 1.29 is 4.39 Å². The maximum atomic E-state index is 13.8. The van der Waals surface area contributed by atoms with Crippen molar-refractivity contribution in [2.45, 2.75) is 70.0 Å². The van der Waals surface area contributed by atoms with E-state index >= 15 is 0 Å². The number of rotatable bonds is 6. The average molecular weight is 457 g/mol. The average Bonchev–Trinajstić information content (AvgIpc) is 2.79. The monoisotopic (exact) mass is 456 g/mol. The summed E-state index contributed by atoms with van der Waals surface area (Å²) >= 11 is 5.42. The third kappa shape index (κ3) is 5.65. The molecule has 2 aromatic rings. The fourth-order valence-electron chi connectivity index (χ4n) is 4.63. The van der Waals surface area contributed by atoms with E-state index in [9.17, 15) is 4.39 Å². The second kappa shape index (κ2) is 10.4. The molecule has 3 N–H and O–H groups in total. The highest BCUT2D eigenvalue weighted by Crippen LogP contribution is 2.29. The van der Waals surface area contributed by atoms with Crippen LogP contribution in [0.1, 0.15) is 55.3 Å². The summed E-state index contributed by atoms with van der Waals surface area (Å²) in [5.74, 6) is 1.60. The van der Waals surface area contributed by atoms with Crippen molar-refractivity contribution in [2.75, 3.05) is 24.3 Å². The van der Waals surface area contributed by atoms with E-state index < -0.39 is 0 Å². The lowest BCUT2D eigenvalue weighted by Crippen LogP contribution is -2.44. The Kier molecular flexibility index (Phi) is 7.40. The summed E-state index contributed by atoms with van der Waals surface area (Å²) in [4.78, 5) is 11.8. The summed E-state index contributed by atoms with van der Waals surface area (Å²) in [5.41, 5.74) is 3.14. The SMILES string of the molecule is CN(C)c1nc(N[C@H]2CC[C@@H](NC(=S)NCc3ccccc3F)CC2)nc2c1CCCC2. The van der Waals surface area contributed by atoms with Crippen molar-refractivity contribution in [1.82, 2.24) is 20.6 Å². The molecule has 32 heavy (non-hydrogen) atoms. The Labute approximate surface area is 195 Å². The van der Waals surface area contributed by atoms with Crippen LogP contribution in [0.3, 0.4) is 0 Å². The molecule has 0 spiro atoms. The maximum absolute atomic E-state index is 13.8. The van der Waals surface area contributed by atoms with Gasteiger partial charge in [0.05, 0.1) is 5.69 Å². The van der Waals surface area contributed by atoms with Crippen LogP contribution in [0.2, 0.25) is 0 Å². The molecule has 1 saturated carbocycles. The summed E-state index contributed by atoms with van der Waals surface area (Å²) in [6.07, 6.45) is 8.65. The normalized spacial score (nSPS) is 20.2. The highest BCUT2D eigenvalue weighted by atomic mass is 32.1. The van der Waals surface area contributed by atoms with Crippen LogP contribution in [0.5, 0.6) is 0 Å². The van der Waals surface area contributed by atoms with Crippen LogP contribution in [0.25, 0.3) is 0 Å². The van der Waals surface area contributed by atoms with Crippen molar-refractivity contribution in [1.29, 1.82) is 0 Å². The first-order valence-corrected chi connectivity index (χ1v) is 12.0. The number of fused-ring (bicyclic) bond motifs is 1. The third-order valence-electron chi connectivity index (χ3n) is 6.38. The topological polar surface area (TPSA) is 65.1 Å². The number of hydrogen-bond donors (Lipinski definition) is 3. The maximum Gasteiger partial charge on any atom is 0.225 e. The Balaban J connectivity index is 1.26. The second-order valence-electron chi connectivity index (χ2n) is 9.01. The zero-order chi connectivity index (χ0) is 22.5. The first-order chi connectivity index (χ1) is 15.5. The van der Waals surface area contributed by atoms with Gasteiger partial charge in [0.25, 0.3) is 0 Å². The lowest BCUT2D eigenvalue weighted by atomic mass is 9.91. The molecule has 4 rings (SSSR count). The molecule has 1 fully saturated rings. The van der Waals surface area contributed by atoms with E-state index in [0.717, 1.165) is 50.3 Å². The van der Waals surface area contributed by atoms with E-state index in [0.29, 0.717) is 29.3 Å². The van der Waals surface area contributed by atoms with Gasteiger partial charge in [-0.2, -0.15) is 4.98 Å². The Morgan fingerprint density at radius 2 is 1.78 bits per heavy atom. The molecular weight excluding hydrogens is 423 g/mol. The molecule has 1 aromatic heterocycles. The Hall–Kier alpha value is -2.48. The predicted octanol–water partition coefficient (Wildman–Crippen LogP) is 3.95. The van der Waals surface area contributed by atoms with Crippen molar-refractivity contribution >= 4 is 29.1 Å². The molecule has 1 heterocycles. The van der Waals surface area contributed by atoms with E-state index in [2.05, 4.69) is 34.9 Å². The Bertz CT molecular complexity index is 942. The Morgan fingerprint density at radius 1 is 1.06 bits per heavy atom. The van der Waals surface area contributed by atoms with Crippen LogP contribution < -0.4 is 20.9 Å². The van der Waals surface area contributed by atoms with Crippen LogP contribution >= 0.6 is 12.2 Å². The van der Waals surface area contributed by atoms with Crippen molar-refractivity contribution in [2.24, 2.45) is 0 Å². The van der Waals surface area contributed by atoms with Gasteiger partial charge in [-0.25, -0.2) is 9.37 Å². The van der Waals surface area contributed by atoms with Gasteiger partial charge in [0.1, 0.15) is 11.6 Å². The molecule has 2 aliphatic carbocycles. The number of aryl methyl sites for hydroxylation is 1. The highest BCUT2D eigenvalue weighted by Gasteiger charge is 2.24. The highest BCUT2D eigenvalue weighted by molar-refractivity contribution is 7.80. The number of anilines is 2. The molecule has 0 amide bonds. The summed E-state index contributed by atoms with van der Waals surface area (Å²) < 4.78 is 13.8. The molecule has 172 valence electrons. The van der Waals surface area contributed by atoms with Gasteiger partial charge < -0.3 is 20.9 Å². The molecule has 6 nitrogen and oxygen atoms in total. The van der Waals surface area contributed by atoms with Gasteiger partial charge in [-0.1, -0.05) is 18.2 Å². The number of thiocarbonyl (C=S) groups is 1. The van der Waals surface area contributed by atoms with Gasteiger partial charge in [0, 0.05) is 43.9 Å². The van der Waals surface area contributed by atoms with Gasteiger partial charge in [-0.3, -0.25) is 0 Å². The molecule has 8 heteroatoms. The lowest BCUT2D eigenvalue weighted by molar-refractivity contribution is 0.385. The van der Waals surface area contributed by atoms with Crippen molar-refractivity contribution in [3.8, 4) is 0 Å². The Morgan fingerprint density at radius 3 is 2.53 bits per heavy atom. The minimum absolute atomic E-state index is 0.212. The summed E-state index contributed by atoms with van der Waals surface area (Å²) in [5, 5.41) is 10.7. The minimum Gasteiger partial charge on any atom is -0.362 e. The first kappa shape index (κ1) is 22.7. The van der Waals surface area contributed by atoms with Crippen LogP contribution in [-0.4, -0.2) is 41.3 Å². The van der Waals surface area contributed by atoms with Gasteiger partial charge in [0.15, 0.2) is 5.11 Å². The van der Waals surface area contributed by atoms with E-state index in [1.54, 1.807) is 12.1 Å². The molecule has 1 aromatic carbocycles. The van der Waals surface area contributed by atoms with Gasteiger partial charge in [-0.15, -0.1) is 0 Å². The molecule has 2 aliphatic rings. The van der Waals surface area contributed by atoms with Crippen LogP contribution in [-0.2, 0) is 19.4 Å². The zero-order valence-electron chi connectivity index (χ0n) is 19.0. The van der Waals surface area contributed by atoms with E-state index in [1.807, 2.05) is 6.07 Å². The second-order valence-corrected chi connectivity index (χ2v) is 9.42. The summed E-state index contributed by atoms with van der Waals surface area (Å²) in [6, 6.07) is 7.46. The zero-order valence-corrected chi connectivity index (χ0v) is 19.8. The first-order valence-electron chi connectivity index (χ1n) is 11.6. The quantitative estimate of drug-likeness (QED) is 0.569. The van der Waals surface area contributed by atoms with Gasteiger partial charge in [-0.05, 0) is 69.7 Å². The smallest absolute Gasteiger partial charge is 0.225 e. The number of hydrogen-bond acceptors (Lipinski definition) is 5. The summed E-state index contributed by atoms with van der Waals surface area (Å²) in [7, 11) is 4.11. The minimum atomic E-state index is -0.212. The van der Waals surface area contributed by atoms with Crippen LogP contribution in [0.4, 0.5) is 16.2 Å². The predicted molar refractivity (Wildman–Crippen MR) is 132 cm³/mol. The number of benzene rings is 1. The lowest BCUT2D eigenvalue weighted by Gasteiger charge is -2.31. The van der Waals surface area contributed by atoms with Crippen LogP contribution in [0.15, 0.2) is 24.3 Å². The number of nitrogens with one attached hydrogen (secondary N) is 3. The van der Waals surface area contributed by atoms with E-state index in [-0.39, 0.29) is 5.82 Å². The molecular formula is C24H33FN6S. The van der Waals surface area contributed by atoms with Crippen molar-refractivity contribution in [3.05, 3.63) is 46.9 Å². The largest absolute Gasteiger partial charge is 0.362 e. The molecule has 0 atom stereocenters. The fourth-order valence-corrected chi connectivity index (χ4v) is 4.87. The van der Waals surface area contributed by atoms with E-state index in [4.69, 9.17) is 22.2 Å². The standard InChI is InChI=1S/C24H33FN6S/c1-31(2)22-19-8-4-6-10-21(19)29-23(30-22)27-17-11-13-18(14-12-17)28-24(32)26-15-16-7-3-5-9-20(16)25/h3,5,7,9,17-18H,4,6,8,10-15H2,1-2H3,(H2,26,28,32)(H,27,29,30)/t17-,18+. The number of aromatic nitrogens is 2. The molecule has 0 aliphatic heterocycles. The van der Waals surface area contributed by atoms with Crippen molar-refractivity contribution in [3.63, 3.8) is 0 Å². The number of halogens is 1. The fraction of sp³-hybridized carbons (Fsp3) is 0.542. The molecule has 0 unspecified atom stereocenters.